The van der Waals surface area contributed by atoms with Gasteiger partial charge in [-0.2, -0.15) is 0 Å². The van der Waals surface area contributed by atoms with Crippen LogP contribution in [0.1, 0.15) is 23.0 Å². The second-order valence-electron chi connectivity index (χ2n) is 6.28. The Morgan fingerprint density at radius 2 is 1.79 bits per heavy atom. The number of pyridine rings is 1. The van der Waals surface area contributed by atoms with Crippen LogP contribution in [0.25, 0.3) is 0 Å². The highest BCUT2D eigenvalue weighted by Gasteiger charge is 2.12. The van der Waals surface area contributed by atoms with Gasteiger partial charge in [0.15, 0.2) is 0 Å². The largest absolute Gasteiger partial charge is 0.322 e. The van der Waals surface area contributed by atoms with Crippen LogP contribution >= 0.6 is 0 Å². The van der Waals surface area contributed by atoms with Gasteiger partial charge in [-0.05, 0) is 60.5 Å². The number of nitrogens with one attached hydrogen (secondary N) is 1. The summed E-state index contributed by atoms with van der Waals surface area (Å²) in [5.74, 6) is 5.68. The molecule has 1 aromatic heterocycles. The fraction of sp³-hybridized carbons (Fsp3) is 0.0909. The molecule has 0 bridgehead atoms. The zero-order chi connectivity index (χ0) is 20.9. The number of rotatable bonds is 4. The lowest BCUT2D eigenvalue weighted by atomic mass is 10.1. The third-order valence-corrected chi connectivity index (χ3v) is 5.32. The first kappa shape index (κ1) is 20.1. The second-order valence-corrected chi connectivity index (χ2v) is 8.29. The van der Waals surface area contributed by atoms with E-state index < -0.39 is 10.0 Å². The van der Waals surface area contributed by atoms with Gasteiger partial charge in [0.2, 0.25) is 10.0 Å². The molecule has 0 unspecified atom stereocenters. The summed E-state index contributed by atoms with van der Waals surface area (Å²) in [7, 11) is -1.86. The smallest absolute Gasteiger partial charge is 0.255 e. The molecule has 1 amide bonds. The maximum absolute atomic E-state index is 12.5. The Bertz CT molecular complexity index is 1190. The molecule has 3 aromatic rings. The summed E-state index contributed by atoms with van der Waals surface area (Å²) in [5.41, 5.74) is 2.90. The highest BCUT2D eigenvalue weighted by atomic mass is 32.2. The molecule has 0 fully saturated rings. The lowest BCUT2D eigenvalue weighted by molar-refractivity contribution is 0.102. The molecule has 0 aliphatic rings. The average Bonchev–Trinajstić information content (AvgIpc) is 2.72. The van der Waals surface area contributed by atoms with E-state index in [1.165, 1.54) is 11.4 Å². The van der Waals surface area contributed by atoms with E-state index >= 15 is 0 Å². The molecule has 0 aliphatic carbocycles. The zero-order valence-corrected chi connectivity index (χ0v) is 16.8. The third-order valence-electron chi connectivity index (χ3n) is 4.11. The predicted octanol–water partition coefficient (Wildman–Crippen LogP) is 3.38. The maximum atomic E-state index is 12.5. The number of anilines is 2. The number of amides is 1. The van der Waals surface area contributed by atoms with Crippen LogP contribution in [0.5, 0.6) is 0 Å². The van der Waals surface area contributed by atoms with E-state index in [1.807, 2.05) is 24.3 Å². The van der Waals surface area contributed by atoms with Crippen molar-refractivity contribution in [3.8, 4) is 11.8 Å². The Balaban J connectivity index is 0.00000320. The first-order chi connectivity index (χ1) is 13.8. The number of hydrogen-bond donors (Lipinski definition) is 1. The highest BCUT2D eigenvalue weighted by molar-refractivity contribution is 7.92. The molecule has 1 N–H and O–H groups in total. The molecule has 7 heteroatoms. The number of carbonyl (C=O) groups excluding carboxylic acids is 1. The van der Waals surface area contributed by atoms with Crippen LogP contribution in [0, 0.1) is 11.8 Å². The number of hydrogen-bond acceptors (Lipinski definition) is 4. The molecular weight excluding hydrogens is 386 g/mol. The van der Waals surface area contributed by atoms with Gasteiger partial charge in [-0.25, -0.2) is 13.4 Å². The van der Waals surface area contributed by atoms with Crippen LogP contribution in [-0.4, -0.2) is 32.6 Å². The van der Waals surface area contributed by atoms with Gasteiger partial charge in [0.05, 0.1) is 11.9 Å². The van der Waals surface area contributed by atoms with Crippen molar-refractivity contribution in [2.45, 2.75) is 0 Å². The van der Waals surface area contributed by atoms with E-state index in [-0.39, 0.29) is 7.33 Å². The number of aromatic nitrogens is 1. The first-order valence-corrected chi connectivity index (χ1v) is 10.6. The van der Waals surface area contributed by atoms with Crippen LogP contribution in [0.3, 0.4) is 0 Å². The lowest BCUT2D eigenvalue weighted by Gasteiger charge is -2.16. The summed E-state index contributed by atoms with van der Waals surface area (Å²) in [6.07, 6.45) is 2.80. The van der Waals surface area contributed by atoms with Gasteiger partial charge < -0.3 is 5.32 Å². The number of nitrogens with zero attached hydrogens (tertiary/aromatic N) is 2. The lowest BCUT2D eigenvalue weighted by Crippen LogP contribution is -2.24. The Kier molecular flexibility index (Phi) is 5.96. The fourth-order valence-corrected chi connectivity index (χ4v) is 2.97. The topological polar surface area (TPSA) is 79.4 Å². The van der Waals surface area contributed by atoms with Gasteiger partial charge in [0.25, 0.3) is 5.91 Å². The minimum Gasteiger partial charge on any atom is -0.322 e. The van der Waals surface area contributed by atoms with E-state index in [0.717, 1.165) is 6.26 Å². The van der Waals surface area contributed by atoms with Crippen molar-refractivity contribution >= 4 is 27.3 Å². The Morgan fingerprint density at radius 1 is 1.03 bits per heavy atom. The summed E-state index contributed by atoms with van der Waals surface area (Å²) < 4.78 is 24.4. The van der Waals surface area contributed by atoms with Gasteiger partial charge in [0, 0.05) is 31.5 Å². The fourth-order valence-electron chi connectivity index (χ4n) is 2.46. The van der Waals surface area contributed by atoms with E-state index in [0.29, 0.717) is 28.2 Å². The normalized spacial score (nSPS) is 10.6. The van der Waals surface area contributed by atoms with Crippen molar-refractivity contribution < 1.29 is 14.6 Å². The van der Waals surface area contributed by atoms with E-state index in [4.69, 9.17) is 0 Å². The van der Waals surface area contributed by atoms with E-state index in [1.54, 1.807) is 48.7 Å². The van der Waals surface area contributed by atoms with Crippen LogP contribution in [0.4, 0.5) is 11.4 Å². The molecule has 0 spiro atoms. The molecule has 29 heavy (non-hydrogen) atoms. The maximum Gasteiger partial charge on any atom is 0.255 e. The molecule has 148 valence electrons. The minimum atomic E-state index is -3.34. The Hall–Kier alpha value is -3.63. The molecule has 0 atom stereocenters. The number of sulfonamides is 1. The monoisotopic (exact) mass is 407 g/mol. The van der Waals surface area contributed by atoms with Crippen LogP contribution in [-0.2, 0) is 10.0 Å². The number of carbonyl (C=O) groups is 1. The van der Waals surface area contributed by atoms with Gasteiger partial charge in [-0.15, -0.1) is 0 Å². The van der Waals surface area contributed by atoms with Gasteiger partial charge in [-0.3, -0.25) is 9.10 Å². The van der Waals surface area contributed by atoms with Crippen molar-refractivity contribution in [3.63, 3.8) is 0 Å². The third kappa shape index (κ3) is 5.43. The molecular formula is C22H21N3O3S. The molecule has 0 aliphatic heterocycles. The summed E-state index contributed by atoms with van der Waals surface area (Å²) in [6, 6.07) is 19.1. The number of benzene rings is 2. The summed E-state index contributed by atoms with van der Waals surface area (Å²) in [4.78, 5) is 16.7. The van der Waals surface area contributed by atoms with Gasteiger partial charge in [-0.1, -0.05) is 18.1 Å². The first-order valence-electron chi connectivity index (χ1n) is 8.71. The van der Waals surface area contributed by atoms with Crippen LogP contribution < -0.4 is 9.62 Å². The average molecular weight is 407 g/mol. The van der Waals surface area contributed by atoms with Crippen molar-refractivity contribution in [1.82, 2.24) is 4.98 Å². The van der Waals surface area contributed by atoms with E-state index in [9.17, 15) is 13.2 Å². The minimum absolute atomic E-state index is 0. The Morgan fingerprint density at radius 3 is 2.45 bits per heavy atom. The molecule has 6 nitrogen and oxygen atoms in total. The van der Waals surface area contributed by atoms with Crippen LogP contribution in [0.15, 0.2) is 72.9 Å². The molecule has 0 saturated carbocycles. The standard InChI is InChI=1S/C22H19N3O3S.H2/c1-25(29(2,27)28)21-13-11-20(12-14-21)24-22(26)18-7-5-6-17(16-18)9-10-19-8-3-4-15-23-19;/h3-8,11-16H,1-2H3,(H,24,26);1H. The van der Waals surface area contributed by atoms with Crippen molar-refractivity contribution in [2.24, 2.45) is 0 Å². The molecule has 1 heterocycles. The van der Waals surface area contributed by atoms with Crippen molar-refractivity contribution in [1.29, 1.82) is 0 Å². The predicted molar refractivity (Wildman–Crippen MR) is 116 cm³/mol. The van der Waals surface area contributed by atoms with Gasteiger partial charge in [0.1, 0.15) is 5.69 Å². The summed E-state index contributed by atoms with van der Waals surface area (Å²) in [6.45, 7) is 0. The Labute approximate surface area is 171 Å². The molecule has 2 aromatic carbocycles. The quantitative estimate of drug-likeness (QED) is 0.673. The molecule has 3 rings (SSSR count). The summed E-state index contributed by atoms with van der Waals surface area (Å²) >= 11 is 0. The van der Waals surface area contributed by atoms with Crippen molar-refractivity contribution in [3.05, 3.63) is 89.7 Å². The van der Waals surface area contributed by atoms with Crippen LogP contribution in [0.2, 0.25) is 0 Å². The summed E-state index contributed by atoms with van der Waals surface area (Å²) in [5, 5.41) is 2.80. The van der Waals surface area contributed by atoms with Gasteiger partial charge >= 0.3 is 0 Å². The van der Waals surface area contributed by atoms with E-state index in [2.05, 4.69) is 22.1 Å². The molecule has 0 saturated heterocycles. The van der Waals surface area contributed by atoms with Crippen molar-refractivity contribution in [2.75, 3.05) is 22.9 Å². The highest BCUT2D eigenvalue weighted by Crippen LogP contribution is 2.19. The second kappa shape index (κ2) is 8.59. The zero-order valence-electron chi connectivity index (χ0n) is 16.0. The molecule has 0 radical (unpaired) electrons. The SMILES string of the molecule is CN(c1ccc(NC(=O)c2cccc(C#Cc3ccccn3)c2)cc1)S(C)(=O)=O.[HH].